The van der Waals surface area contributed by atoms with Gasteiger partial charge in [0.2, 0.25) is 0 Å². The highest BCUT2D eigenvalue weighted by atomic mass is 16.7. The summed E-state index contributed by atoms with van der Waals surface area (Å²) in [6.07, 6.45) is 8.35. The van der Waals surface area contributed by atoms with Gasteiger partial charge in [-0.2, -0.15) is 5.06 Å². The second-order valence-corrected chi connectivity index (χ2v) is 6.91. The number of nitrogens with zero attached hydrogens (tertiary/aromatic N) is 1. The molecule has 1 aliphatic heterocycles. The predicted molar refractivity (Wildman–Crippen MR) is 116 cm³/mol. The maximum Gasteiger partial charge on any atom is 0.315 e. The summed E-state index contributed by atoms with van der Waals surface area (Å²) in [5, 5.41) is 12.4. The van der Waals surface area contributed by atoms with Crippen molar-refractivity contribution in [3.8, 4) is 0 Å². The SMILES string of the molecule is CCNc1nc(CCCCNC(=O)NCC2=CC=C[NH+](OC)C2)ccc1C(=O)NC. The van der Waals surface area contributed by atoms with Crippen LogP contribution >= 0.6 is 0 Å². The van der Waals surface area contributed by atoms with Crippen LogP contribution in [0.3, 0.4) is 0 Å². The Morgan fingerprint density at radius 1 is 1.23 bits per heavy atom. The first-order valence-electron chi connectivity index (χ1n) is 10.3. The minimum Gasteiger partial charge on any atom is -0.370 e. The number of pyridine rings is 1. The number of carbonyl (C=O) groups excluding carboxylic acids is 2. The highest BCUT2D eigenvalue weighted by Gasteiger charge is 2.13. The second-order valence-electron chi connectivity index (χ2n) is 6.91. The summed E-state index contributed by atoms with van der Waals surface area (Å²) in [4.78, 5) is 33.7. The number of anilines is 1. The minimum absolute atomic E-state index is 0.156. The van der Waals surface area contributed by atoms with E-state index in [0.29, 0.717) is 37.6 Å². The lowest BCUT2D eigenvalue weighted by atomic mass is 10.1. The van der Waals surface area contributed by atoms with E-state index >= 15 is 0 Å². The quantitative estimate of drug-likeness (QED) is 0.335. The molecule has 0 spiro atoms. The topological polar surface area (TPSA) is 109 Å². The average Bonchev–Trinajstić information content (AvgIpc) is 2.77. The summed E-state index contributed by atoms with van der Waals surface area (Å²) in [5.74, 6) is 0.448. The van der Waals surface area contributed by atoms with Crippen molar-refractivity contribution in [1.29, 1.82) is 0 Å². The third-order valence-electron chi connectivity index (χ3n) is 4.67. The first-order chi connectivity index (χ1) is 14.6. The predicted octanol–water partition coefficient (Wildman–Crippen LogP) is 0.395. The van der Waals surface area contributed by atoms with E-state index in [1.165, 1.54) is 0 Å². The van der Waals surface area contributed by atoms with E-state index in [4.69, 9.17) is 4.84 Å². The molecule has 0 bridgehead atoms. The lowest BCUT2D eigenvalue weighted by molar-refractivity contribution is -1.04. The largest absolute Gasteiger partial charge is 0.370 e. The van der Waals surface area contributed by atoms with Crippen molar-refractivity contribution < 1.29 is 19.5 Å². The fourth-order valence-corrected chi connectivity index (χ4v) is 3.04. The van der Waals surface area contributed by atoms with Crippen LogP contribution in [0.4, 0.5) is 10.6 Å². The van der Waals surface area contributed by atoms with Crippen LogP contribution in [0.1, 0.15) is 35.8 Å². The van der Waals surface area contributed by atoms with Crippen LogP contribution in [0, 0.1) is 0 Å². The van der Waals surface area contributed by atoms with Gasteiger partial charge in [-0.1, -0.05) is 6.08 Å². The van der Waals surface area contributed by atoms with Crippen LogP contribution < -0.4 is 26.3 Å². The number of hydrogen-bond acceptors (Lipinski definition) is 5. The molecule has 9 nitrogen and oxygen atoms in total. The molecule has 0 aromatic carbocycles. The fraction of sp³-hybridized carbons (Fsp3) is 0.476. The Bertz CT molecular complexity index is 778. The number of rotatable bonds is 11. The average molecular weight is 418 g/mol. The van der Waals surface area contributed by atoms with Crippen LogP contribution in [0.2, 0.25) is 0 Å². The van der Waals surface area contributed by atoms with E-state index in [-0.39, 0.29) is 11.9 Å². The molecule has 1 aromatic heterocycles. The van der Waals surface area contributed by atoms with Gasteiger partial charge in [0.05, 0.1) is 12.7 Å². The molecule has 0 saturated carbocycles. The van der Waals surface area contributed by atoms with E-state index in [1.54, 1.807) is 20.2 Å². The standard InChI is InChI=1S/C21H32N6O3/c1-4-23-19-18(20(28)22-2)11-10-17(26-19)9-5-6-12-24-21(29)25-14-16-8-7-13-27(15-16)30-3/h7-8,10-11,13H,4-6,9,12,14-15H2,1-3H3,(H,22,28)(H,23,26)(H2,24,25,29)/p+1. The van der Waals surface area contributed by atoms with Gasteiger partial charge in [-0.15, -0.1) is 0 Å². The zero-order valence-electron chi connectivity index (χ0n) is 18.0. The normalized spacial score (nSPS) is 15.3. The van der Waals surface area contributed by atoms with Crippen LogP contribution in [-0.2, 0) is 11.3 Å². The molecule has 5 N–H and O–H groups in total. The lowest BCUT2D eigenvalue weighted by Crippen LogP contribution is -3.06. The van der Waals surface area contributed by atoms with Crippen LogP contribution in [0.25, 0.3) is 0 Å². The van der Waals surface area contributed by atoms with Gasteiger partial charge in [0, 0.05) is 37.9 Å². The molecule has 0 saturated heterocycles. The molecular weight excluding hydrogens is 384 g/mol. The van der Waals surface area contributed by atoms with E-state index in [2.05, 4.69) is 26.3 Å². The molecule has 1 aromatic rings. The molecule has 9 heteroatoms. The van der Waals surface area contributed by atoms with Gasteiger partial charge in [-0.25, -0.2) is 14.6 Å². The van der Waals surface area contributed by atoms with Gasteiger partial charge in [0.1, 0.15) is 18.6 Å². The molecule has 1 unspecified atom stereocenters. The molecule has 0 radical (unpaired) electrons. The lowest BCUT2D eigenvalue weighted by Gasteiger charge is -2.16. The smallest absolute Gasteiger partial charge is 0.315 e. The number of aromatic nitrogens is 1. The molecule has 2 rings (SSSR count). The Hall–Kier alpha value is -2.91. The molecule has 3 amide bonds. The highest BCUT2D eigenvalue weighted by molar-refractivity contribution is 5.98. The monoisotopic (exact) mass is 417 g/mol. The van der Waals surface area contributed by atoms with E-state index < -0.39 is 0 Å². The van der Waals surface area contributed by atoms with Crippen molar-refractivity contribution in [3.05, 3.63) is 47.3 Å². The molecule has 1 atom stereocenters. The van der Waals surface area contributed by atoms with Gasteiger partial charge < -0.3 is 21.3 Å². The van der Waals surface area contributed by atoms with E-state index in [9.17, 15) is 9.59 Å². The molecule has 30 heavy (non-hydrogen) atoms. The van der Waals surface area contributed by atoms with Gasteiger partial charge >= 0.3 is 6.03 Å². The van der Waals surface area contributed by atoms with Crippen molar-refractivity contribution >= 4 is 17.8 Å². The second kappa shape index (κ2) is 12.6. The Kier molecular flexibility index (Phi) is 9.82. The van der Waals surface area contributed by atoms with Crippen LogP contribution in [0.5, 0.6) is 0 Å². The first-order valence-corrected chi connectivity index (χ1v) is 10.3. The third-order valence-corrected chi connectivity index (χ3v) is 4.67. The van der Waals surface area contributed by atoms with Crippen LogP contribution in [-0.4, -0.2) is 57.3 Å². The van der Waals surface area contributed by atoms with Gasteiger partial charge in [0.25, 0.3) is 5.91 Å². The summed E-state index contributed by atoms with van der Waals surface area (Å²) >= 11 is 0. The summed E-state index contributed by atoms with van der Waals surface area (Å²) in [7, 11) is 3.25. The number of amides is 3. The number of unbranched alkanes of at least 4 members (excludes halogenated alkanes) is 1. The van der Waals surface area contributed by atoms with Crippen molar-refractivity contribution in [2.75, 3.05) is 45.7 Å². The van der Waals surface area contributed by atoms with Crippen molar-refractivity contribution in [2.24, 2.45) is 0 Å². The minimum atomic E-state index is -0.174. The Labute approximate surface area is 177 Å². The molecule has 0 fully saturated rings. The van der Waals surface area contributed by atoms with Crippen molar-refractivity contribution in [3.63, 3.8) is 0 Å². The zero-order valence-corrected chi connectivity index (χ0v) is 18.0. The zero-order chi connectivity index (χ0) is 21.8. The Balaban J connectivity index is 1.68. The summed E-state index contributed by atoms with van der Waals surface area (Å²) in [6.45, 7) is 4.47. The number of allylic oxidation sites excluding steroid dienone is 2. The molecule has 2 heterocycles. The highest BCUT2D eigenvalue weighted by Crippen LogP contribution is 2.15. The summed E-state index contributed by atoms with van der Waals surface area (Å²) < 4.78 is 0. The summed E-state index contributed by atoms with van der Waals surface area (Å²) in [5.41, 5.74) is 2.57. The number of carbonyl (C=O) groups is 2. The third kappa shape index (κ3) is 7.49. The van der Waals surface area contributed by atoms with Crippen LogP contribution in [0.15, 0.2) is 36.1 Å². The Morgan fingerprint density at radius 2 is 2.07 bits per heavy atom. The van der Waals surface area contributed by atoms with E-state index in [0.717, 1.165) is 35.6 Å². The number of hydroxylamine groups is 2. The number of quaternary nitrogens is 1. The number of urea groups is 1. The maximum absolute atomic E-state index is 12.0. The fourth-order valence-electron chi connectivity index (χ4n) is 3.04. The Morgan fingerprint density at radius 3 is 2.80 bits per heavy atom. The molecule has 164 valence electrons. The van der Waals surface area contributed by atoms with Crippen molar-refractivity contribution in [1.82, 2.24) is 20.9 Å². The summed E-state index contributed by atoms with van der Waals surface area (Å²) in [6, 6.07) is 3.50. The number of hydrogen-bond donors (Lipinski definition) is 5. The van der Waals surface area contributed by atoms with Gasteiger partial charge in [-0.3, -0.25) is 4.79 Å². The maximum atomic E-state index is 12.0. The molecule has 0 aliphatic carbocycles. The van der Waals surface area contributed by atoms with Gasteiger partial charge in [-0.05, 0) is 44.4 Å². The van der Waals surface area contributed by atoms with E-state index in [1.807, 2.05) is 31.3 Å². The number of aryl methyl sites for hydroxylation is 1. The first kappa shape index (κ1) is 23.4. The molecule has 1 aliphatic rings. The molecular formula is C21H33N6O3+. The van der Waals surface area contributed by atoms with Gasteiger partial charge in [0.15, 0.2) is 0 Å². The number of nitrogens with one attached hydrogen (secondary N) is 5. The van der Waals surface area contributed by atoms with Crippen molar-refractivity contribution in [2.45, 2.75) is 26.2 Å².